The number of nitrogens with one attached hydrogen (secondary N) is 2. The van der Waals surface area contributed by atoms with Crippen LogP contribution in [0.5, 0.6) is 0 Å². The van der Waals surface area contributed by atoms with Gasteiger partial charge in [-0.2, -0.15) is 13.2 Å². The van der Waals surface area contributed by atoms with Crippen molar-refractivity contribution in [2.24, 2.45) is 11.8 Å². The van der Waals surface area contributed by atoms with Crippen LogP contribution in [0.4, 0.5) is 13.2 Å². The van der Waals surface area contributed by atoms with Gasteiger partial charge in [0.15, 0.2) is 0 Å². The Morgan fingerprint density at radius 2 is 1.83 bits per heavy atom. The Hall–Kier alpha value is -0.240. The lowest BCUT2D eigenvalue weighted by Crippen LogP contribution is -2.40. The van der Waals surface area contributed by atoms with Crippen molar-refractivity contribution in [1.29, 1.82) is 0 Å². The van der Waals surface area contributed by atoms with E-state index in [4.69, 9.17) is 0 Å². The first-order valence-electron chi connectivity index (χ1n) is 7.71. The fourth-order valence-corrected chi connectivity index (χ4v) is 3.11. The molecule has 1 amide bonds. The number of halogens is 5. The molecular weight excluding hydrogens is 354 g/mol. The standard InChI is InChI=1S/C14H24F3N3O.2ClH/c15-14(16,17)10-20-7-3-11(4-8-20)1-6-19-13(21)12-2-5-18-9-12;;/h11-12,18H,1-10H2,(H,19,21);2*1H. The van der Waals surface area contributed by atoms with E-state index in [1.807, 2.05) is 0 Å². The van der Waals surface area contributed by atoms with Crippen molar-refractivity contribution in [3.8, 4) is 0 Å². The molecule has 9 heteroatoms. The zero-order valence-corrected chi connectivity index (χ0v) is 14.7. The molecule has 4 nitrogen and oxygen atoms in total. The topological polar surface area (TPSA) is 44.4 Å². The first kappa shape index (κ1) is 22.8. The average Bonchev–Trinajstić information content (AvgIpc) is 2.93. The second-order valence-corrected chi connectivity index (χ2v) is 6.10. The number of carbonyl (C=O) groups excluding carboxylic acids is 1. The predicted molar refractivity (Wildman–Crippen MR) is 88.3 cm³/mol. The fourth-order valence-electron chi connectivity index (χ4n) is 3.11. The quantitative estimate of drug-likeness (QED) is 0.769. The molecule has 0 aromatic carbocycles. The third kappa shape index (κ3) is 8.42. The summed E-state index contributed by atoms with van der Waals surface area (Å²) in [6.07, 6.45) is -0.766. The van der Waals surface area contributed by atoms with E-state index in [0.29, 0.717) is 25.6 Å². The SMILES string of the molecule is Cl.Cl.O=C(NCCC1CCN(CC(F)(F)F)CC1)C1CCNC1. The molecule has 2 fully saturated rings. The highest BCUT2D eigenvalue weighted by atomic mass is 35.5. The number of likely N-dealkylation sites (tertiary alicyclic amines) is 1. The highest BCUT2D eigenvalue weighted by Gasteiger charge is 2.32. The minimum atomic E-state index is -4.10. The van der Waals surface area contributed by atoms with Gasteiger partial charge in [0.1, 0.15) is 0 Å². The van der Waals surface area contributed by atoms with E-state index in [2.05, 4.69) is 10.6 Å². The third-order valence-corrected chi connectivity index (χ3v) is 4.39. The van der Waals surface area contributed by atoms with Gasteiger partial charge in [-0.1, -0.05) is 0 Å². The molecule has 138 valence electrons. The molecule has 2 heterocycles. The van der Waals surface area contributed by atoms with Gasteiger partial charge in [-0.15, -0.1) is 24.8 Å². The van der Waals surface area contributed by atoms with Gasteiger partial charge in [-0.3, -0.25) is 9.69 Å². The number of alkyl halides is 3. The van der Waals surface area contributed by atoms with Crippen molar-refractivity contribution in [2.75, 3.05) is 39.3 Å². The molecule has 0 bridgehead atoms. The molecule has 0 aromatic rings. The van der Waals surface area contributed by atoms with E-state index < -0.39 is 12.7 Å². The molecule has 0 spiro atoms. The Labute approximate surface area is 147 Å². The van der Waals surface area contributed by atoms with Crippen LogP contribution in [-0.4, -0.2) is 56.3 Å². The van der Waals surface area contributed by atoms with Crippen LogP contribution < -0.4 is 10.6 Å². The normalized spacial score (nSPS) is 23.0. The Balaban J connectivity index is 0.00000242. The maximum Gasteiger partial charge on any atom is 0.401 e. The number of carbonyl (C=O) groups is 1. The zero-order chi connectivity index (χ0) is 15.3. The molecular formula is C14H26Cl2F3N3O. The third-order valence-electron chi connectivity index (χ3n) is 4.39. The largest absolute Gasteiger partial charge is 0.401 e. The summed E-state index contributed by atoms with van der Waals surface area (Å²) in [5.74, 6) is 0.615. The van der Waals surface area contributed by atoms with E-state index in [1.54, 1.807) is 0 Å². The molecule has 0 aromatic heterocycles. The molecule has 0 radical (unpaired) electrons. The predicted octanol–water partition coefficient (Wildman–Crippen LogP) is 2.22. The molecule has 2 aliphatic rings. The molecule has 2 rings (SSSR count). The van der Waals surface area contributed by atoms with Crippen molar-refractivity contribution >= 4 is 30.7 Å². The Kier molecular flexibility index (Phi) is 10.5. The number of rotatable bonds is 5. The van der Waals surface area contributed by atoms with Crippen LogP contribution in [-0.2, 0) is 4.79 Å². The van der Waals surface area contributed by atoms with Crippen LogP contribution in [0.15, 0.2) is 0 Å². The molecule has 0 aliphatic carbocycles. The fraction of sp³-hybridized carbons (Fsp3) is 0.929. The van der Waals surface area contributed by atoms with E-state index in [9.17, 15) is 18.0 Å². The van der Waals surface area contributed by atoms with Gasteiger partial charge in [-0.25, -0.2) is 0 Å². The summed E-state index contributed by atoms with van der Waals surface area (Å²) in [6, 6.07) is 0. The van der Waals surface area contributed by atoms with Gasteiger partial charge < -0.3 is 10.6 Å². The molecule has 2 saturated heterocycles. The van der Waals surface area contributed by atoms with Gasteiger partial charge in [0.25, 0.3) is 0 Å². The van der Waals surface area contributed by atoms with Gasteiger partial charge in [-0.05, 0) is 51.2 Å². The Morgan fingerprint density at radius 1 is 1.17 bits per heavy atom. The molecule has 2 aliphatic heterocycles. The van der Waals surface area contributed by atoms with Crippen molar-refractivity contribution in [3.63, 3.8) is 0 Å². The lowest BCUT2D eigenvalue weighted by Gasteiger charge is -2.32. The molecule has 1 unspecified atom stereocenters. The second kappa shape index (κ2) is 10.6. The van der Waals surface area contributed by atoms with Gasteiger partial charge in [0, 0.05) is 13.1 Å². The van der Waals surface area contributed by atoms with Gasteiger partial charge >= 0.3 is 6.18 Å². The monoisotopic (exact) mass is 379 g/mol. The average molecular weight is 380 g/mol. The van der Waals surface area contributed by atoms with Crippen LogP contribution in [0.3, 0.4) is 0 Å². The van der Waals surface area contributed by atoms with Crippen LogP contribution in [0, 0.1) is 11.8 Å². The number of piperidine rings is 1. The number of hydrogen-bond acceptors (Lipinski definition) is 3. The van der Waals surface area contributed by atoms with E-state index in [-0.39, 0.29) is 36.6 Å². The lowest BCUT2D eigenvalue weighted by molar-refractivity contribution is -0.148. The zero-order valence-electron chi connectivity index (χ0n) is 13.0. The van der Waals surface area contributed by atoms with Crippen molar-refractivity contribution in [3.05, 3.63) is 0 Å². The van der Waals surface area contributed by atoms with Crippen LogP contribution >= 0.6 is 24.8 Å². The molecule has 1 atom stereocenters. The molecule has 0 saturated carbocycles. The molecule has 2 N–H and O–H groups in total. The van der Waals surface area contributed by atoms with Crippen LogP contribution in [0.2, 0.25) is 0 Å². The minimum Gasteiger partial charge on any atom is -0.356 e. The maximum atomic E-state index is 12.3. The van der Waals surface area contributed by atoms with Crippen molar-refractivity contribution < 1.29 is 18.0 Å². The van der Waals surface area contributed by atoms with Crippen molar-refractivity contribution in [2.45, 2.75) is 31.9 Å². The van der Waals surface area contributed by atoms with Gasteiger partial charge in [0.05, 0.1) is 12.5 Å². The van der Waals surface area contributed by atoms with Crippen LogP contribution in [0.1, 0.15) is 25.7 Å². The number of amides is 1. The summed E-state index contributed by atoms with van der Waals surface area (Å²) in [5, 5.41) is 6.11. The second-order valence-electron chi connectivity index (χ2n) is 6.10. The van der Waals surface area contributed by atoms with E-state index >= 15 is 0 Å². The Morgan fingerprint density at radius 3 is 2.35 bits per heavy atom. The lowest BCUT2D eigenvalue weighted by atomic mass is 9.93. The summed E-state index contributed by atoms with van der Waals surface area (Å²) in [7, 11) is 0. The summed E-state index contributed by atoms with van der Waals surface area (Å²) < 4.78 is 36.8. The number of hydrogen-bond donors (Lipinski definition) is 2. The van der Waals surface area contributed by atoms with Crippen molar-refractivity contribution in [1.82, 2.24) is 15.5 Å². The van der Waals surface area contributed by atoms with E-state index in [0.717, 1.165) is 38.8 Å². The summed E-state index contributed by atoms with van der Waals surface area (Å²) in [5.41, 5.74) is 0. The van der Waals surface area contributed by atoms with Crippen LogP contribution in [0.25, 0.3) is 0 Å². The Bertz CT molecular complexity index is 345. The summed E-state index contributed by atoms with van der Waals surface area (Å²) in [4.78, 5) is 13.3. The first-order valence-corrected chi connectivity index (χ1v) is 7.71. The van der Waals surface area contributed by atoms with E-state index in [1.165, 1.54) is 4.90 Å². The summed E-state index contributed by atoms with van der Waals surface area (Å²) >= 11 is 0. The highest BCUT2D eigenvalue weighted by Crippen LogP contribution is 2.24. The maximum absolute atomic E-state index is 12.3. The number of nitrogens with zero attached hydrogens (tertiary/aromatic N) is 1. The highest BCUT2D eigenvalue weighted by molar-refractivity contribution is 5.85. The first-order chi connectivity index (χ1) is 9.94. The minimum absolute atomic E-state index is 0. The molecule has 23 heavy (non-hydrogen) atoms. The summed E-state index contributed by atoms with van der Waals surface area (Å²) in [6.45, 7) is 2.50. The van der Waals surface area contributed by atoms with Gasteiger partial charge in [0.2, 0.25) is 5.91 Å². The smallest absolute Gasteiger partial charge is 0.356 e.